The van der Waals surface area contributed by atoms with Gasteiger partial charge in [0.15, 0.2) is 9.84 Å². The summed E-state index contributed by atoms with van der Waals surface area (Å²) in [6.07, 6.45) is 2.85. The standard InChI is InChI=1S/C15H22N2O3S.ClH/c16-11-12-5-4-8-14(12)15(18)17-9-10-21(19,20)13-6-2-1-3-7-13;/h1-3,6-7,12,14H,4-5,8-11,16H2,(H,17,18);1H/t12-,14-;/m1./s1. The maximum atomic E-state index is 12.1. The Balaban J connectivity index is 0.00000242. The van der Waals surface area contributed by atoms with Crippen molar-refractivity contribution in [2.24, 2.45) is 17.6 Å². The van der Waals surface area contributed by atoms with Gasteiger partial charge in [0.2, 0.25) is 5.91 Å². The van der Waals surface area contributed by atoms with Gasteiger partial charge in [-0.15, -0.1) is 12.4 Å². The Bertz CT molecular complexity index is 578. The fraction of sp³-hybridized carbons (Fsp3) is 0.533. The third-order valence-electron chi connectivity index (χ3n) is 4.07. The third kappa shape index (κ3) is 4.69. The average Bonchev–Trinajstić information content (AvgIpc) is 2.96. The fourth-order valence-electron chi connectivity index (χ4n) is 2.85. The Morgan fingerprint density at radius 2 is 1.91 bits per heavy atom. The molecule has 1 fully saturated rings. The number of halogens is 1. The number of amides is 1. The van der Waals surface area contributed by atoms with E-state index < -0.39 is 9.84 Å². The van der Waals surface area contributed by atoms with Crippen LogP contribution in [0.3, 0.4) is 0 Å². The van der Waals surface area contributed by atoms with E-state index in [1.807, 2.05) is 0 Å². The molecule has 7 heteroatoms. The molecular weight excluding hydrogens is 324 g/mol. The van der Waals surface area contributed by atoms with Crippen molar-refractivity contribution in [2.75, 3.05) is 18.8 Å². The number of sulfone groups is 1. The van der Waals surface area contributed by atoms with Crippen molar-refractivity contribution in [3.05, 3.63) is 30.3 Å². The highest BCUT2D eigenvalue weighted by atomic mass is 35.5. The summed E-state index contributed by atoms with van der Waals surface area (Å²) >= 11 is 0. The number of nitrogens with two attached hydrogens (primary N) is 1. The summed E-state index contributed by atoms with van der Waals surface area (Å²) in [4.78, 5) is 12.4. The van der Waals surface area contributed by atoms with Gasteiger partial charge < -0.3 is 11.1 Å². The molecule has 1 aromatic carbocycles. The van der Waals surface area contributed by atoms with Gasteiger partial charge in [-0.1, -0.05) is 24.6 Å². The SMILES string of the molecule is Cl.NC[C@H]1CCC[C@H]1C(=O)NCCS(=O)(=O)c1ccccc1. The van der Waals surface area contributed by atoms with Crippen LogP contribution in [0.1, 0.15) is 19.3 Å². The first kappa shape index (κ1) is 18.9. The Morgan fingerprint density at radius 3 is 2.55 bits per heavy atom. The monoisotopic (exact) mass is 346 g/mol. The van der Waals surface area contributed by atoms with Gasteiger partial charge in [0, 0.05) is 12.5 Å². The normalized spacial score (nSPS) is 21.1. The van der Waals surface area contributed by atoms with Crippen LogP contribution in [0.4, 0.5) is 0 Å². The van der Waals surface area contributed by atoms with Crippen LogP contribution in [-0.4, -0.2) is 33.2 Å². The molecule has 5 nitrogen and oxygen atoms in total. The van der Waals surface area contributed by atoms with Gasteiger partial charge in [0.25, 0.3) is 0 Å². The van der Waals surface area contributed by atoms with E-state index in [-0.39, 0.29) is 42.4 Å². The summed E-state index contributed by atoms with van der Waals surface area (Å²) in [5.74, 6) is 0.0272. The van der Waals surface area contributed by atoms with Crippen LogP contribution in [0.2, 0.25) is 0 Å². The number of benzene rings is 1. The largest absolute Gasteiger partial charge is 0.355 e. The Hall–Kier alpha value is -1.11. The van der Waals surface area contributed by atoms with Crippen LogP contribution in [0.15, 0.2) is 35.2 Å². The predicted molar refractivity (Wildman–Crippen MR) is 88.6 cm³/mol. The number of carbonyl (C=O) groups is 1. The van der Waals surface area contributed by atoms with Crippen LogP contribution < -0.4 is 11.1 Å². The van der Waals surface area contributed by atoms with Crippen molar-refractivity contribution in [3.63, 3.8) is 0 Å². The van der Waals surface area contributed by atoms with Gasteiger partial charge in [0.1, 0.15) is 0 Å². The van der Waals surface area contributed by atoms with Crippen molar-refractivity contribution in [3.8, 4) is 0 Å². The molecule has 0 bridgehead atoms. The van der Waals surface area contributed by atoms with E-state index in [2.05, 4.69) is 5.32 Å². The minimum atomic E-state index is -3.34. The van der Waals surface area contributed by atoms with E-state index in [1.54, 1.807) is 30.3 Å². The molecule has 0 unspecified atom stereocenters. The zero-order chi connectivity index (χ0) is 15.3. The molecule has 1 aromatic rings. The lowest BCUT2D eigenvalue weighted by molar-refractivity contribution is -0.125. The average molecular weight is 347 g/mol. The molecule has 22 heavy (non-hydrogen) atoms. The Labute approximate surface area is 138 Å². The highest BCUT2D eigenvalue weighted by Crippen LogP contribution is 2.30. The quantitative estimate of drug-likeness (QED) is 0.814. The second kappa shape index (κ2) is 8.50. The second-order valence-electron chi connectivity index (χ2n) is 5.46. The molecule has 0 saturated heterocycles. The molecular formula is C15H23ClN2O3S. The lowest BCUT2D eigenvalue weighted by Crippen LogP contribution is -2.37. The molecule has 1 aliphatic rings. The van der Waals surface area contributed by atoms with E-state index in [1.165, 1.54) is 0 Å². The zero-order valence-corrected chi connectivity index (χ0v) is 14.0. The molecule has 0 aliphatic heterocycles. The molecule has 1 aliphatic carbocycles. The molecule has 0 heterocycles. The third-order valence-corrected chi connectivity index (χ3v) is 5.80. The van der Waals surface area contributed by atoms with Crippen molar-refractivity contribution < 1.29 is 13.2 Å². The van der Waals surface area contributed by atoms with Crippen LogP contribution in [0.5, 0.6) is 0 Å². The van der Waals surface area contributed by atoms with Gasteiger partial charge in [-0.2, -0.15) is 0 Å². The van der Waals surface area contributed by atoms with E-state index in [9.17, 15) is 13.2 Å². The van der Waals surface area contributed by atoms with Crippen molar-refractivity contribution >= 4 is 28.2 Å². The first-order valence-electron chi connectivity index (χ1n) is 7.30. The molecule has 3 N–H and O–H groups in total. The molecule has 0 radical (unpaired) electrons. The highest BCUT2D eigenvalue weighted by Gasteiger charge is 2.31. The summed E-state index contributed by atoms with van der Waals surface area (Å²) in [7, 11) is -3.34. The van der Waals surface area contributed by atoms with Crippen molar-refractivity contribution in [1.29, 1.82) is 0 Å². The first-order chi connectivity index (χ1) is 10.0. The van der Waals surface area contributed by atoms with Gasteiger partial charge in [-0.05, 0) is 37.4 Å². The number of hydrogen-bond acceptors (Lipinski definition) is 4. The second-order valence-corrected chi connectivity index (χ2v) is 7.57. The molecule has 0 spiro atoms. The highest BCUT2D eigenvalue weighted by molar-refractivity contribution is 7.91. The van der Waals surface area contributed by atoms with E-state index in [0.29, 0.717) is 11.4 Å². The summed E-state index contributed by atoms with van der Waals surface area (Å²) < 4.78 is 24.2. The minimum Gasteiger partial charge on any atom is -0.355 e. The van der Waals surface area contributed by atoms with Crippen LogP contribution >= 0.6 is 12.4 Å². The molecule has 2 rings (SSSR count). The van der Waals surface area contributed by atoms with E-state index in [0.717, 1.165) is 19.3 Å². The van der Waals surface area contributed by atoms with Crippen molar-refractivity contribution in [1.82, 2.24) is 5.32 Å². The smallest absolute Gasteiger partial charge is 0.223 e. The van der Waals surface area contributed by atoms with Gasteiger partial charge in [-0.25, -0.2) is 8.42 Å². The predicted octanol–water partition coefficient (Wildman–Crippen LogP) is 1.37. The number of nitrogens with one attached hydrogen (secondary N) is 1. The van der Waals surface area contributed by atoms with E-state index >= 15 is 0 Å². The van der Waals surface area contributed by atoms with Crippen LogP contribution in [0, 0.1) is 11.8 Å². The number of hydrogen-bond donors (Lipinski definition) is 2. The summed E-state index contributed by atoms with van der Waals surface area (Å²) in [5, 5.41) is 2.74. The number of carbonyl (C=O) groups excluding carboxylic acids is 1. The minimum absolute atomic E-state index is 0. The Morgan fingerprint density at radius 1 is 1.23 bits per heavy atom. The zero-order valence-electron chi connectivity index (χ0n) is 12.4. The summed E-state index contributed by atoms with van der Waals surface area (Å²) in [5.41, 5.74) is 5.66. The molecule has 1 saturated carbocycles. The van der Waals surface area contributed by atoms with Gasteiger partial charge in [-0.3, -0.25) is 4.79 Å². The summed E-state index contributed by atoms with van der Waals surface area (Å²) in [6.45, 7) is 0.657. The topological polar surface area (TPSA) is 89.3 Å². The lowest BCUT2D eigenvalue weighted by atomic mass is 9.95. The number of rotatable bonds is 6. The lowest BCUT2D eigenvalue weighted by Gasteiger charge is -2.17. The summed E-state index contributed by atoms with van der Waals surface area (Å²) in [6, 6.07) is 8.29. The van der Waals surface area contributed by atoms with Crippen LogP contribution in [-0.2, 0) is 14.6 Å². The fourth-order valence-corrected chi connectivity index (χ4v) is 4.03. The maximum Gasteiger partial charge on any atom is 0.223 e. The Kier molecular flexibility index (Phi) is 7.32. The van der Waals surface area contributed by atoms with Crippen molar-refractivity contribution in [2.45, 2.75) is 24.2 Å². The molecule has 124 valence electrons. The maximum absolute atomic E-state index is 12.1. The van der Waals surface area contributed by atoms with E-state index in [4.69, 9.17) is 5.73 Å². The van der Waals surface area contributed by atoms with Crippen LogP contribution in [0.25, 0.3) is 0 Å². The van der Waals surface area contributed by atoms with Gasteiger partial charge >= 0.3 is 0 Å². The molecule has 1 amide bonds. The molecule has 2 atom stereocenters. The first-order valence-corrected chi connectivity index (χ1v) is 8.95. The van der Waals surface area contributed by atoms with Gasteiger partial charge in [0.05, 0.1) is 10.6 Å². The molecule has 0 aromatic heterocycles.